The van der Waals surface area contributed by atoms with Gasteiger partial charge in [0.2, 0.25) is 0 Å². The highest BCUT2D eigenvalue weighted by Crippen LogP contribution is 2.24. The van der Waals surface area contributed by atoms with Crippen LogP contribution in [0.2, 0.25) is 0 Å². The van der Waals surface area contributed by atoms with Crippen LogP contribution in [0, 0.1) is 12.8 Å². The van der Waals surface area contributed by atoms with Crippen molar-refractivity contribution in [3.8, 4) is 5.75 Å². The third-order valence-corrected chi connectivity index (χ3v) is 5.45. The van der Waals surface area contributed by atoms with Gasteiger partial charge in [-0.05, 0) is 74.9 Å². The molecule has 28 heavy (non-hydrogen) atoms. The quantitative estimate of drug-likeness (QED) is 0.777. The average Bonchev–Trinajstić information content (AvgIpc) is 2.68. The second kappa shape index (κ2) is 9.13. The molecule has 2 aromatic rings. The van der Waals surface area contributed by atoms with Crippen molar-refractivity contribution in [2.45, 2.75) is 52.7 Å². The van der Waals surface area contributed by atoms with E-state index < -0.39 is 6.10 Å². The molecule has 3 atom stereocenters. The summed E-state index contributed by atoms with van der Waals surface area (Å²) in [4.78, 5) is 15.0. The standard InChI is InChI=1S/C24H32N2O2/c1-17-7-5-9-23(15-17)28-20(4)24(27)25-19(3)21-10-12-22(13-11-21)26-14-6-8-18(2)16-26/h5,7,9-13,15,18-20H,6,8,14,16H2,1-4H3,(H,25,27)/t18-,19-,20-/m1/s1. The summed E-state index contributed by atoms with van der Waals surface area (Å²) in [7, 11) is 0. The molecule has 0 spiro atoms. The number of carbonyl (C=O) groups is 1. The molecule has 150 valence electrons. The van der Waals surface area contributed by atoms with E-state index in [0.29, 0.717) is 0 Å². The van der Waals surface area contributed by atoms with Crippen molar-refractivity contribution in [3.05, 3.63) is 59.7 Å². The van der Waals surface area contributed by atoms with Crippen LogP contribution in [0.15, 0.2) is 48.5 Å². The Labute approximate surface area is 168 Å². The molecule has 1 heterocycles. The molecule has 2 aromatic carbocycles. The molecular formula is C24H32N2O2. The van der Waals surface area contributed by atoms with Gasteiger partial charge in [-0.25, -0.2) is 0 Å². The zero-order valence-electron chi connectivity index (χ0n) is 17.4. The highest BCUT2D eigenvalue weighted by Gasteiger charge is 2.19. The Morgan fingerprint density at radius 3 is 2.61 bits per heavy atom. The van der Waals surface area contributed by atoms with Crippen molar-refractivity contribution < 1.29 is 9.53 Å². The summed E-state index contributed by atoms with van der Waals surface area (Å²) < 4.78 is 5.78. The largest absolute Gasteiger partial charge is 0.481 e. The SMILES string of the molecule is Cc1cccc(O[C@H](C)C(=O)N[C@H](C)c2ccc(N3CCC[C@@H](C)C3)cc2)c1. The lowest BCUT2D eigenvalue weighted by Gasteiger charge is -2.33. The number of rotatable bonds is 6. The van der Waals surface area contributed by atoms with Crippen LogP contribution in [0.1, 0.15) is 50.8 Å². The van der Waals surface area contributed by atoms with Crippen LogP contribution in [-0.4, -0.2) is 25.1 Å². The molecule has 1 amide bonds. The predicted octanol–water partition coefficient (Wildman–Crippen LogP) is 4.88. The van der Waals surface area contributed by atoms with Crippen LogP contribution < -0.4 is 15.0 Å². The number of nitrogens with zero attached hydrogens (tertiary/aromatic N) is 1. The molecule has 0 bridgehead atoms. The minimum atomic E-state index is -0.543. The molecule has 1 N–H and O–H groups in total. The number of anilines is 1. The lowest BCUT2D eigenvalue weighted by Crippen LogP contribution is -2.37. The number of benzene rings is 2. The van der Waals surface area contributed by atoms with E-state index in [2.05, 4.69) is 41.4 Å². The van der Waals surface area contributed by atoms with Gasteiger partial charge >= 0.3 is 0 Å². The van der Waals surface area contributed by atoms with E-state index in [1.54, 1.807) is 6.92 Å². The van der Waals surface area contributed by atoms with Gasteiger partial charge in [-0.2, -0.15) is 0 Å². The number of nitrogens with one attached hydrogen (secondary N) is 1. The maximum absolute atomic E-state index is 12.5. The minimum absolute atomic E-state index is 0.0645. The fraction of sp³-hybridized carbons (Fsp3) is 0.458. The highest BCUT2D eigenvalue weighted by atomic mass is 16.5. The number of piperidine rings is 1. The first kappa shape index (κ1) is 20.2. The van der Waals surface area contributed by atoms with E-state index in [4.69, 9.17) is 4.74 Å². The van der Waals surface area contributed by atoms with E-state index >= 15 is 0 Å². The van der Waals surface area contributed by atoms with Gasteiger partial charge in [-0.15, -0.1) is 0 Å². The smallest absolute Gasteiger partial charge is 0.261 e. The topological polar surface area (TPSA) is 41.6 Å². The van der Waals surface area contributed by atoms with Gasteiger partial charge < -0.3 is 15.0 Å². The number of amides is 1. The monoisotopic (exact) mass is 380 g/mol. The Hall–Kier alpha value is -2.49. The first-order chi connectivity index (χ1) is 13.4. The van der Waals surface area contributed by atoms with Crippen molar-refractivity contribution >= 4 is 11.6 Å². The first-order valence-corrected chi connectivity index (χ1v) is 10.3. The Morgan fingerprint density at radius 1 is 1.18 bits per heavy atom. The van der Waals surface area contributed by atoms with Crippen LogP contribution in [0.4, 0.5) is 5.69 Å². The maximum Gasteiger partial charge on any atom is 0.261 e. The summed E-state index contributed by atoms with van der Waals surface area (Å²) in [5, 5.41) is 3.06. The van der Waals surface area contributed by atoms with Gasteiger partial charge in [0.1, 0.15) is 5.75 Å². The Morgan fingerprint density at radius 2 is 1.93 bits per heavy atom. The molecule has 0 aromatic heterocycles. The second-order valence-corrected chi connectivity index (χ2v) is 8.09. The van der Waals surface area contributed by atoms with Crippen LogP contribution in [0.25, 0.3) is 0 Å². The van der Waals surface area contributed by atoms with E-state index in [-0.39, 0.29) is 11.9 Å². The van der Waals surface area contributed by atoms with Gasteiger partial charge in [0.05, 0.1) is 6.04 Å². The van der Waals surface area contributed by atoms with E-state index in [9.17, 15) is 4.79 Å². The summed E-state index contributed by atoms with van der Waals surface area (Å²) in [6.45, 7) is 10.4. The maximum atomic E-state index is 12.5. The van der Waals surface area contributed by atoms with Crippen LogP contribution in [-0.2, 0) is 4.79 Å². The molecule has 4 nitrogen and oxygen atoms in total. The Balaban J connectivity index is 1.56. The van der Waals surface area contributed by atoms with Gasteiger partial charge in [0, 0.05) is 18.8 Å². The van der Waals surface area contributed by atoms with E-state index in [1.807, 2.05) is 38.1 Å². The third-order valence-electron chi connectivity index (χ3n) is 5.45. The molecule has 3 rings (SSSR count). The van der Waals surface area contributed by atoms with Crippen LogP contribution in [0.3, 0.4) is 0 Å². The molecule has 0 aliphatic carbocycles. The van der Waals surface area contributed by atoms with E-state index in [0.717, 1.165) is 35.9 Å². The van der Waals surface area contributed by atoms with Crippen LogP contribution in [0.5, 0.6) is 5.75 Å². The summed E-state index contributed by atoms with van der Waals surface area (Å²) in [6, 6.07) is 16.3. The van der Waals surface area contributed by atoms with Gasteiger partial charge in [-0.1, -0.05) is 31.2 Å². The number of aryl methyl sites for hydroxylation is 1. The number of hydrogen-bond acceptors (Lipinski definition) is 3. The lowest BCUT2D eigenvalue weighted by atomic mass is 9.99. The minimum Gasteiger partial charge on any atom is -0.481 e. The molecule has 1 saturated heterocycles. The third kappa shape index (κ3) is 5.28. The van der Waals surface area contributed by atoms with E-state index in [1.165, 1.54) is 18.5 Å². The zero-order valence-corrected chi connectivity index (χ0v) is 17.4. The molecule has 4 heteroatoms. The molecule has 1 aliphatic heterocycles. The fourth-order valence-corrected chi connectivity index (χ4v) is 3.76. The number of carbonyl (C=O) groups excluding carboxylic acids is 1. The van der Waals surface area contributed by atoms with Crippen molar-refractivity contribution in [1.29, 1.82) is 0 Å². The molecular weight excluding hydrogens is 348 g/mol. The van der Waals surface area contributed by atoms with Crippen molar-refractivity contribution in [2.24, 2.45) is 5.92 Å². The molecule has 0 radical (unpaired) electrons. The first-order valence-electron chi connectivity index (χ1n) is 10.3. The zero-order chi connectivity index (χ0) is 20.1. The van der Waals surface area contributed by atoms with Crippen molar-refractivity contribution in [3.63, 3.8) is 0 Å². The molecule has 1 aliphatic rings. The van der Waals surface area contributed by atoms with Gasteiger partial charge in [0.15, 0.2) is 6.10 Å². The predicted molar refractivity (Wildman–Crippen MR) is 115 cm³/mol. The van der Waals surface area contributed by atoms with Crippen LogP contribution >= 0.6 is 0 Å². The van der Waals surface area contributed by atoms with Gasteiger partial charge in [-0.3, -0.25) is 4.79 Å². The summed E-state index contributed by atoms with van der Waals surface area (Å²) in [5.74, 6) is 1.36. The van der Waals surface area contributed by atoms with Crippen molar-refractivity contribution in [1.82, 2.24) is 5.32 Å². The average molecular weight is 381 g/mol. The Bertz CT molecular complexity index is 787. The summed E-state index contributed by atoms with van der Waals surface area (Å²) in [6.07, 6.45) is 2.03. The van der Waals surface area contributed by atoms with Crippen molar-refractivity contribution in [2.75, 3.05) is 18.0 Å². The summed E-state index contributed by atoms with van der Waals surface area (Å²) in [5.41, 5.74) is 3.48. The molecule has 0 saturated carbocycles. The second-order valence-electron chi connectivity index (χ2n) is 8.09. The lowest BCUT2D eigenvalue weighted by molar-refractivity contribution is -0.127. The summed E-state index contributed by atoms with van der Waals surface area (Å²) >= 11 is 0. The highest BCUT2D eigenvalue weighted by molar-refractivity contribution is 5.81. The Kier molecular flexibility index (Phi) is 6.61. The molecule has 1 fully saturated rings. The molecule has 0 unspecified atom stereocenters. The number of hydrogen-bond donors (Lipinski definition) is 1. The number of ether oxygens (including phenoxy) is 1. The fourth-order valence-electron chi connectivity index (χ4n) is 3.76. The van der Waals surface area contributed by atoms with Gasteiger partial charge in [0.25, 0.3) is 5.91 Å². The normalized spacial score (nSPS) is 19.0.